The van der Waals surface area contributed by atoms with Crippen LogP contribution in [0.1, 0.15) is 30.4 Å². The quantitative estimate of drug-likeness (QED) is 0.593. The third-order valence-corrected chi connectivity index (χ3v) is 3.24. The minimum absolute atomic E-state index is 0. The van der Waals surface area contributed by atoms with Crippen molar-refractivity contribution in [2.75, 3.05) is 0 Å². The number of rotatable bonds is 7. The number of hydrogen-bond acceptors (Lipinski definition) is 1. The lowest BCUT2D eigenvalue weighted by molar-refractivity contribution is -0.697. The zero-order valence-electron chi connectivity index (χ0n) is 12.4. The van der Waals surface area contributed by atoms with Gasteiger partial charge in [-0.3, -0.25) is 4.79 Å². The normalized spacial score (nSPS) is 10.4. The Morgan fingerprint density at radius 2 is 1.55 bits per heavy atom. The number of halogens is 1. The van der Waals surface area contributed by atoms with E-state index in [1.165, 1.54) is 5.56 Å². The predicted molar refractivity (Wildman–Crippen MR) is 83.5 cm³/mol. The van der Waals surface area contributed by atoms with Gasteiger partial charge in [0.2, 0.25) is 0 Å². The molecule has 0 unspecified atom stereocenters. The highest BCUT2D eigenvalue weighted by atomic mass is 35.5. The van der Waals surface area contributed by atoms with Crippen molar-refractivity contribution in [2.45, 2.75) is 25.8 Å². The zero-order valence-corrected chi connectivity index (χ0v) is 13.1. The lowest BCUT2D eigenvalue weighted by atomic mass is 10.1. The Bertz CT molecular complexity index is 594. The third kappa shape index (κ3) is 6.55. The second-order valence-electron chi connectivity index (χ2n) is 4.96. The summed E-state index contributed by atoms with van der Waals surface area (Å²) in [7, 11) is 0. The molecule has 116 valence electrons. The highest BCUT2D eigenvalue weighted by Crippen LogP contribution is 2.06. The summed E-state index contributed by atoms with van der Waals surface area (Å²) >= 11 is 0. The van der Waals surface area contributed by atoms with Gasteiger partial charge in [-0.1, -0.05) is 42.5 Å². The minimum Gasteiger partial charge on any atom is -1.00 e. The minimum atomic E-state index is -0.721. The second kappa shape index (κ2) is 9.74. The van der Waals surface area contributed by atoms with Gasteiger partial charge >= 0.3 is 5.97 Å². The van der Waals surface area contributed by atoms with Gasteiger partial charge in [0, 0.05) is 25.0 Å². The number of carbonyl (C=O) groups is 1. The summed E-state index contributed by atoms with van der Waals surface area (Å²) in [5.41, 5.74) is 2.34. The smallest absolute Gasteiger partial charge is 0.303 e. The van der Waals surface area contributed by atoms with Crippen molar-refractivity contribution in [3.63, 3.8) is 0 Å². The van der Waals surface area contributed by atoms with Crippen LogP contribution in [0.3, 0.4) is 0 Å². The number of nitrogens with zero attached hydrogens (tertiary/aromatic N) is 1. The number of benzene rings is 1. The van der Waals surface area contributed by atoms with Gasteiger partial charge in [0.15, 0.2) is 12.4 Å². The molecule has 0 radical (unpaired) electrons. The van der Waals surface area contributed by atoms with Gasteiger partial charge in [-0.15, -0.1) is 0 Å². The summed E-state index contributed by atoms with van der Waals surface area (Å²) in [5.74, 6) is -0.721. The maximum Gasteiger partial charge on any atom is 0.303 e. The summed E-state index contributed by atoms with van der Waals surface area (Å²) in [4.78, 5) is 10.4. The van der Waals surface area contributed by atoms with E-state index in [0.717, 1.165) is 24.9 Å². The topological polar surface area (TPSA) is 41.2 Å². The molecule has 3 nitrogen and oxygen atoms in total. The maximum atomic E-state index is 10.4. The van der Waals surface area contributed by atoms with Crippen molar-refractivity contribution in [3.05, 3.63) is 66.0 Å². The molecule has 4 heteroatoms. The van der Waals surface area contributed by atoms with Crippen LogP contribution in [0.5, 0.6) is 0 Å². The average molecular weight is 318 g/mol. The highest BCUT2D eigenvalue weighted by molar-refractivity contribution is 5.69. The first-order valence-corrected chi connectivity index (χ1v) is 7.18. The lowest BCUT2D eigenvalue weighted by Gasteiger charge is -1.97. The molecular weight excluding hydrogens is 298 g/mol. The Hall–Kier alpha value is -2.13. The van der Waals surface area contributed by atoms with Gasteiger partial charge in [-0.2, -0.15) is 0 Å². The molecule has 0 aliphatic heterocycles. The van der Waals surface area contributed by atoms with Crippen molar-refractivity contribution in [3.8, 4) is 0 Å². The van der Waals surface area contributed by atoms with Crippen LogP contribution in [0, 0.1) is 0 Å². The first-order chi connectivity index (χ1) is 10.2. The third-order valence-electron chi connectivity index (χ3n) is 3.24. The number of unbranched alkanes of at least 4 members (excludes halogenated alkanes) is 1. The molecule has 22 heavy (non-hydrogen) atoms. The molecule has 2 rings (SSSR count). The molecule has 0 atom stereocenters. The number of aromatic nitrogens is 1. The van der Waals surface area contributed by atoms with E-state index >= 15 is 0 Å². The van der Waals surface area contributed by atoms with E-state index in [2.05, 4.69) is 41.0 Å². The van der Waals surface area contributed by atoms with Crippen molar-refractivity contribution in [2.24, 2.45) is 0 Å². The molecule has 0 amide bonds. The molecule has 1 N–H and O–H groups in total. The monoisotopic (exact) mass is 317 g/mol. The predicted octanol–water partition coefficient (Wildman–Crippen LogP) is 0.403. The van der Waals surface area contributed by atoms with Gasteiger partial charge in [-0.25, -0.2) is 4.57 Å². The number of aryl methyl sites for hydroxylation is 1. The van der Waals surface area contributed by atoms with Crippen LogP contribution in [0.2, 0.25) is 0 Å². The van der Waals surface area contributed by atoms with E-state index in [-0.39, 0.29) is 18.8 Å². The van der Waals surface area contributed by atoms with Crippen LogP contribution in [-0.2, 0) is 11.3 Å². The van der Waals surface area contributed by atoms with E-state index in [1.54, 1.807) is 0 Å². The van der Waals surface area contributed by atoms with Crippen molar-refractivity contribution < 1.29 is 26.9 Å². The highest BCUT2D eigenvalue weighted by Gasteiger charge is 2.01. The summed E-state index contributed by atoms with van der Waals surface area (Å²) in [5, 5.41) is 8.59. The fourth-order valence-electron chi connectivity index (χ4n) is 2.06. The van der Waals surface area contributed by atoms with Gasteiger partial charge in [0.05, 0.1) is 0 Å². The summed E-state index contributed by atoms with van der Waals surface area (Å²) in [6.45, 7) is 0.857. The molecule has 0 aliphatic rings. The summed E-state index contributed by atoms with van der Waals surface area (Å²) < 4.78 is 2.09. The van der Waals surface area contributed by atoms with Gasteiger partial charge in [-0.05, 0) is 17.5 Å². The molecule has 2 aromatic rings. The number of carboxylic acid groups (broad SMARTS) is 1. The van der Waals surface area contributed by atoms with Crippen LogP contribution in [0.4, 0.5) is 0 Å². The van der Waals surface area contributed by atoms with E-state index in [4.69, 9.17) is 5.11 Å². The molecule has 1 aromatic heterocycles. The van der Waals surface area contributed by atoms with Gasteiger partial charge in [0.1, 0.15) is 6.54 Å². The number of hydrogen-bond donors (Lipinski definition) is 1. The van der Waals surface area contributed by atoms with Crippen molar-refractivity contribution >= 4 is 18.1 Å². The number of pyridine rings is 1. The Balaban J connectivity index is 0.00000242. The van der Waals surface area contributed by atoms with Crippen molar-refractivity contribution in [1.29, 1.82) is 0 Å². The summed E-state index contributed by atoms with van der Waals surface area (Å²) in [6, 6.07) is 14.3. The number of aliphatic carboxylic acids is 1. The first-order valence-electron chi connectivity index (χ1n) is 7.18. The standard InChI is InChI=1S/C18H19NO2.ClH/c20-18(21)8-4-5-13-19-14-11-17(12-15-19)10-9-16-6-2-1-3-7-16;/h1-3,6-7,9-12,14-15H,4-5,8,13H2;1H/b10-9-;. The molecule has 0 bridgehead atoms. The molecule has 0 saturated carbocycles. The molecule has 1 heterocycles. The fraction of sp³-hybridized carbons (Fsp3) is 0.222. The van der Waals surface area contributed by atoms with Crippen molar-refractivity contribution in [1.82, 2.24) is 0 Å². The Morgan fingerprint density at radius 3 is 2.14 bits per heavy atom. The first kappa shape index (κ1) is 17.9. The Labute approximate surface area is 137 Å². The molecule has 0 aliphatic carbocycles. The zero-order chi connectivity index (χ0) is 14.9. The number of carboxylic acids is 1. The van der Waals surface area contributed by atoms with E-state index in [1.807, 2.05) is 30.6 Å². The molecule has 0 saturated heterocycles. The van der Waals surface area contributed by atoms with E-state index in [0.29, 0.717) is 0 Å². The van der Waals surface area contributed by atoms with Gasteiger partial charge < -0.3 is 17.5 Å². The van der Waals surface area contributed by atoms with Crippen LogP contribution in [0.25, 0.3) is 12.2 Å². The molecule has 1 aromatic carbocycles. The van der Waals surface area contributed by atoms with Gasteiger partial charge in [0.25, 0.3) is 0 Å². The van der Waals surface area contributed by atoms with E-state index < -0.39 is 5.97 Å². The molecule has 0 spiro atoms. The molecular formula is C18H20ClNO2. The Morgan fingerprint density at radius 1 is 0.955 bits per heavy atom. The average Bonchev–Trinajstić information content (AvgIpc) is 2.51. The van der Waals surface area contributed by atoms with Crippen LogP contribution in [0.15, 0.2) is 54.9 Å². The maximum absolute atomic E-state index is 10.4. The van der Waals surface area contributed by atoms with Crippen LogP contribution < -0.4 is 17.0 Å². The van der Waals surface area contributed by atoms with Crippen LogP contribution >= 0.6 is 0 Å². The largest absolute Gasteiger partial charge is 1.00 e. The lowest BCUT2D eigenvalue weighted by Crippen LogP contribution is -3.00. The second-order valence-corrected chi connectivity index (χ2v) is 4.96. The van der Waals surface area contributed by atoms with Crippen LogP contribution in [-0.4, -0.2) is 11.1 Å². The fourth-order valence-corrected chi connectivity index (χ4v) is 2.06. The SMILES string of the molecule is O=C(O)CCCC[n+]1ccc(/C=C\c2ccccc2)cc1.[Cl-]. The van der Waals surface area contributed by atoms with E-state index in [9.17, 15) is 4.79 Å². The Kier molecular flexibility index (Phi) is 7.94. The molecule has 0 fully saturated rings. The summed E-state index contributed by atoms with van der Waals surface area (Å²) in [6.07, 6.45) is 10.1.